The molecule has 0 fully saturated rings. The molecule has 0 aliphatic heterocycles. The summed E-state index contributed by atoms with van der Waals surface area (Å²) in [5.41, 5.74) is 0.950. The third kappa shape index (κ3) is 4.99. The molecule has 0 bridgehead atoms. The van der Waals surface area contributed by atoms with E-state index in [0.29, 0.717) is 5.15 Å². The van der Waals surface area contributed by atoms with Crippen molar-refractivity contribution in [2.45, 2.75) is 72.6 Å². The zero-order valence-electron chi connectivity index (χ0n) is 15.0. The molecule has 24 heavy (non-hydrogen) atoms. The van der Waals surface area contributed by atoms with Crippen molar-refractivity contribution in [1.29, 1.82) is 0 Å². The maximum absolute atomic E-state index is 6.34. The number of hydrogen-bond donors (Lipinski definition) is 0. The molecule has 134 valence electrons. The van der Waals surface area contributed by atoms with Gasteiger partial charge in [-0.25, -0.2) is 0 Å². The van der Waals surface area contributed by atoms with Crippen LogP contribution in [-0.4, -0.2) is 28.3 Å². The molecule has 0 aliphatic rings. The van der Waals surface area contributed by atoms with E-state index in [1.54, 1.807) is 2.89 Å². The van der Waals surface area contributed by atoms with Gasteiger partial charge >= 0.3 is 165 Å². The zero-order chi connectivity index (χ0) is 17.6. The molecule has 2 nitrogen and oxygen atoms in total. The first-order chi connectivity index (χ1) is 11.6. The second-order valence-corrected chi connectivity index (χ2v) is 22.6. The van der Waals surface area contributed by atoms with E-state index in [-0.39, 0.29) is 5.28 Å². The molecule has 2 aromatic heterocycles. The first kappa shape index (κ1) is 20.7. The van der Waals surface area contributed by atoms with Crippen molar-refractivity contribution in [2.24, 2.45) is 0 Å². The van der Waals surface area contributed by atoms with E-state index in [9.17, 15) is 0 Å². The fraction of sp³-hybridized carbons (Fsp3) is 0.667. The third-order valence-electron chi connectivity index (χ3n) is 4.85. The number of halogens is 2. The van der Waals surface area contributed by atoms with Gasteiger partial charge in [-0.1, -0.05) is 0 Å². The molecule has 2 heterocycles. The van der Waals surface area contributed by atoms with Crippen LogP contribution in [0.2, 0.25) is 23.7 Å². The number of hydrogen-bond acceptors (Lipinski definition) is 3. The van der Waals surface area contributed by atoms with Gasteiger partial charge in [0.2, 0.25) is 0 Å². The fourth-order valence-electron chi connectivity index (χ4n) is 3.42. The van der Waals surface area contributed by atoms with Crippen LogP contribution in [-0.2, 0) is 0 Å². The normalized spacial score (nSPS) is 12.2. The van der Waals surface area contributed by atoms with Crippen molar-refractivity contribution in [2.75, 3.05) is 0 Å². The van der Waals surface area contributed by atoms with E-state index in [1.807, 2.05) is 11.3 Å². The molecule has 0 N–H and O–H groups in total. The fourth-order valence-corrected chi connectivity index (χ4v) is 24.0. The van der Waals surface area contributed by atoms with Gasteiger partial charge in [-0.3, -0.25) is 0 Å². The van der Waals surface area contributed by atoms with Gasteiger partial charge in [-0.05, 0) is 0 Å². The summed E-state index contributed by atoms with van der Waals surface area (Å²) in [6.45, 7) is 6.93. The summed E-state index contributed by atoms with van der Waals surface area (Å²) < 4.78 is 7.03. The second-order valence-electron chi connectivity index (χ2n) is 6.70. The minimum absolute atomic E-state index is 0.258. The Labute approximate surface area is 164 Å². The molecule has 0 aliphatic carbocycles. The second kappa shape index (κ2) is 9.94. The van der Waals surface area contributed by atoms with Gasteiger partial charge in [0, 0.05) is 0 Å². The molecule has 0 saturated carbocycles. The van der Waals surface area contributed by atoms with Gasteiger partial charge in [-0.15, -0.1) is 0 Å². The molecule has 0 unspecified atom stereocenters. The summed E-state index contributed by atoms with van der Waals surface area (Å²) in [5.74, 6) is 0. The van der Waals surface area contributed by atoms with Crippen LogP contribution in [0.4, 0.5) is 0 Å². The van der Waals surface area contributed by atoms with Gasteiger partial charge in [0.15, 0.2) is 0 Å². The van der Waals surface area contributed by atoms with Gasteiger partial charge < -0.3 is 0 Å². The first-order valence-electron chi connectivity index (χ1n) is 9.19. The number of rotatable bonds is 10. The summed E-state index contributed by atoms with van der Waals surface area (Å²) >= 11 is 11.8. The van der Waals surface area contributed by atoms with E-state index in [1.165, 1.54) is 51.8 Å². The van der Waals surface area contributed by atoms with Crippen LogP contribution in [0.5, 0.6) is 0 Å². The van der Waals surface area contributed by atoms with Gasteiger partial charge in [0.1, 0.15) is 0 Å². The third-order valence-corrected chi connectivity index (χ3v) is 24.7. The van der Waals surface area contributed by atoms with E-state index >= 15 is 0 Å². The Balaban J connectivity index is 2.48. The molecular weight excluding hydrogens is 466 g/mol. The Morgan fingerprint density at radius 3 is 1.96 bits per heavy atom. The van der Waals surface area contributed by atoms with Crippen LogP contribution in [0.25, 0.3) is 10.2 Å². The van der Waals surface area contributed by atoms with Gasteiger partial charge in [-0.2, -0.15) is 0 Å². The molecule has 0 amide bonds. The molecule has 0 radical (unpaired) electrons. The first-order valence-corrected chi connectivity index (χ1v) is 18.2. The Kier molecular flexibility index (Phi) is 8.58. The van der Waals surface area contributed by atoms with Crippen LogP contribution in [0.3, 0.4) is 0 Å². The Bertz CT molecular complexity index is 638. The molecule has 0 atom stereocenters. The molecule has 0 saturated heterocycles. The number of aromatic nitrogens is 2. The van der Waals surface area contributed by atoms with Crippen LogP contribution < -0.4 is 2.89 Å². The van der Waals surface area contributed by atoms with Crippen LogP contribution in [0, 0.1) is 0 Å². The average Bonchev–Trinajstić information content (AvgIpc) is 2.99. The SMILES string of the molecule is CCC[CH2][Sn]([CH2]CCC)([CH2]CCC)[c]1cc2nc(Cl)nc(Cl)c2s1. The van der Waals surface area contributed by atoms with Crippen molar-refractivity contribution in [3.05, 3.63) is 16.5 Å². The van der Waals surface area contributed by atoms with Gasteiger partial charge in [0.05, 0.1) is 0 Å². The van der Waals surface area contributed by atoms with Crippen molar-refractivity contribution in [1.82, 2.24) is 9.97 Å². The Morgan fingerprint density at radius 2 is 1.46 bits per heavy atom. The van der Waals surface area contributed by atoms with Crippen molar-refractivity contribution in [3.63, 3.8) is 0 Å². The van der Waals surface area contributed by atoms with E-state index in [2.05, 4.69) is 36.8 Å². The minimum atomic E-state index is -2.41. The van der Waals surface area contributed by atoms with Crippen LogP contribution in [0.15, 0.2) is 6.07 Å². The number of fused-ring (bicyclic) bond motifs is 1. The topological polar surface area (TPSA) is 25.8 Å². The molecule has 0 aromatic carbocycles. The predicted octanol–water partition coefficient (Wildman–Crippen LogP) is 7.05. The standard InChI is InChI=1S/C6HCl2N2S.3C4H9.Sn/c7-5-4-3(1-2-11-4)9-6(8)10-5;3*1-3-4-2;/h1H;3*1,3-4H2,2H3;. The molecule has 2 aromatic rings. The Morgan fingerprint density at radius 1 is 0.917 bits per heavy atom. The summed E-state index contributed by atoms with van der Waals surface area (Å²) in [5, 5.41) is 0.774. The molecule has 0 spiro atoms. The van der Waals surface area contributed by atoms with E-state index in [0.717, 1.165) is 10.2 Å². The summed E-state index contributed by atoms with van der Waals surface area (Å²) in [6.07, 6.45) is 7.93. The number of unbranched alkanes of at least 4 members (excludes halogenated alkanes) is 3. The zero-order valence-corrected chi connectivity index (χ0v) is 20.2. The monoisotopic (exact) mass is 494 g/mol. The van der Waals surface area contributed by atoms with Crippen molar-refractivity contribution >= 4 is 66.0 Å². The number of thiophene rings is 1. The molecular formula is C18H28Cl2N2SSn. The van der Waals surface area contributed by atoms with Crippen molar-refractivity contribution < 1.29 is 0 Å². The van der Waals surface area contributed by atoms with Gasteiger partial charge in [0.25, 0.3) is 0 Å². The molecule has 6 heteroatoms. The van der Waals surface area contributed by atoms with Crippen molar-refractivity contribution in [3.8, 4) is 0 Å². The number of nitrogens with zero attached hydrogens (tertiary/aromatic N) is 2. The average molecular weight is 494 g/mol. The van der Waals surface area contributed by atoms with E-state index in [4.69, 9.17) is 23.2 Å². The predicted molar refractivity (Wildman–Crippen MR) is 112 cm³/mol. The summed E-state index contributed by atoms with van der Waals surface area (Å²) in [6, 6.07) is 2.32. The molecule has 2 rings (SSSR count). The summed E-state index contributed by atoms with van der Waals surface area (Å²) in [4.78, 5) is 8.56. The maximum atomic E-state index is 6.34. The van der Waals surface area contributed by atoms with E-state index < -0.39 is 18.4 Å². The van der Waals surface area contributed by atoms with Crippen LogP contribution >= 0.6 is 34.5 Å². The van der Waals surface area contributed by atoms with Crippen LogP contribution in [0.1, 0.15) is 59.3 Å². The Hall–Kier alpha value is 0.419. The summed E-state index contributed by atoms with van der Waals surface area (Å²) in [7, 11) is 0. The quantitative estimate of drug-likeness (QED) is 0.201.